The van der Waals surface area contributed by atoms with Gasteiger partial charge in [0.25, 0.3) is 5.91 Å². The predicted molar refractivity (Wildman–Crippen MR) is 117 cm³/mol. The van der Waals surface area contributed by atoms with Crippen molar-refractivity contribution in [2.75, 3.05) is 5.75 Å². The van der Waals surface area contributed by atoms with Gasteiger partial charge in [0.15, 0.2) is 0 Å². The average molecular weight is 433 g/mol. The number of hydrogen-bond donors (Lipinski definition) is 2. The van der Waals surface area contributed by atoms with E-state index in [1.54, 1.807) is 13.0 Å². The topological polar surface area (TPSA) is 75.3 Å². The zero-order valence-electron chi connectivity index (χ0n) is 17.5. The van der Waals surface area contributed by atoms with Crippen LogP contribution in [0.15, 0.2) is 36.4 Å². The summed E-state index contributed by atoms with van der Waals surface area (Å²) in [6, 6.07) is 11.0. The van der Waals surface area contributed by atoms with Crippen molar-refractivity contribution in [1.29, 1.82) is 0 Å². The van der Waals surface area contributed by atoms with Gasteiger partial charge in [-0.3, -0.25) is 10.2 Å². The van der Waals surface area contributed by atoms with Gasteiger partial charge in [-0.1, -0.05) is 50.5 Å². The van der Waals surface area contributed by atoms with Crippen LogP contribution in [0.5, 0.6) is 0 Å². The van der Waals surface area contributed by atoms with Crippen LogP contribution >= 0.6 is 0 Å². The van der Waals surface area contributed by atoms with E-state index in [0.29, 0.717) is 11.1 Å². The second-order valence-corrected chi connectivity index (χ2v) is 9.82. The second-order valence-electron chi connectivity index (χ2n) is 8.05. The number of hydrazine groups is 1. The van der Waals surface area contributed by atoms with Crippen molar-refractivity contribution in [1.82, 2.24) is 10.3 Å². The van der Waals surface area contributed by atoms with Gasteiger partial charge in [-0.05, 0) is 66.5 Å². The first kappa shape index (κ1) is 22.4. The minimum atomic E-state index is -3.68. The van der Waals surface area contributed by atoms with Crippen LogP contribution in [0.3, 0.4) is 0 Å². The summed E-state index contributed by atoms with van der Waals surface area (Å²) in [5.41, 5.74) is 5.04. The average Bonchev–Trinajstić information content (AvgIpc) is 2.74. The van der Waals surface area contributed by atoms with Gasteiger partial charge in [0, 0.05) is 0 Å². The molecule has 0 atom stereocenters. The Labute approximate surface area is 178 Å². The molecule has 0 radical (unpaired) electrons. The number of benzene rings is 2. The van der Waals surface area contributed by atoms with Crippen LogP contribution in [-0.2, 0) is 16.4 Å². The van der Waals surface area contributed by atoms with Crippen LogP contribution in [0.1, 0.15) is 60.5 Å². The molecule has 1 aliphatic rings. The Bertz CT molecular complexity index is 1020. The summed E-state index contributed by atoms with van der Waals surface area (Å²) < 4.78 is 39.3. The van der Waals surface area contributed by atoms with Crippen LogP contribution < -0.4 is 10.3 Å². The SMILES string of the molecule is CCc1cccc(-c2cc(C)c(F)c(C(=O)NNS(=O)(=O)CC3CCCCC3)c2)c1. The number of aryl methyl sites for hydroxylation is 2. The fourth-order valence-corrected chi connectivity index (χ4v) is 5.25. The van der Waals surface area contributed by atoms with E-state index in [-0.39, 0.29) is 17.2 Å². The highest BCUT2D eigenvalue weighted by Gasteiger charge is 2.23. The summed E-state index contributed by atoms with van der Waals surface area (Å²) >= 11 is 0. The molecule has 0 spiro atoms. The molecule has 2 aromatic carbocycles. The van der Waals surface area contributed by atoms with Crippen LogP contribution in [0.4, 0.5) is 4.39 Å². The Kier molecular flexibility index (Phi) is 7.26. The molecule has 1 aliphatic carbocycles. The van der Waals surface area contributed by atoms with Gasteiger partial charge in [-0.25, -0.2) is 12.8 Å². The van der Waals surface area contributed by atoms with Crippen LogP contribution in [0.2, 0.25) is 0 Å². The first-order valence-corrected chi connectivity index (χ1v) is 12.1. The summed E-state index contributed by atoms with van der Waals surface area (Å²) in [5.74, 6) is -1.40. The van der Waals surface area contributed by atoms with E-state index in [0.717, 1.165) is 49.7 Å². The van der Waals surface area contributed by atoms with E-state index in [9.17, 15) is 17.6 Å². The third kappa shape index (κ3) is 5.67. The van der Waals surface area contributed by atoms with Crippen molar-refractivity contribution in [3.05, 3.63) is 58.9 Å². The molecule has 5 nitrogen and oxygen atoms in total. The monoisotopic (exact) mass is 432 g/mol. The molecule has 0 aromatic heterocycles. The van der Waals surface area contributed by atoms with Gasteiger partial charge in [-0.15, -0.1) is 4.83 Å². The summed E-state index contributed by atoms with van der Waals surface area (Å²) in [6.45, 7) is 3.64. The number of hydrogen-bond acceptors (Lipinski definition) is 3. The lowest BCUT2D eigenvalue weighted by Crippen LogP contribution is -2.44. The summed E-state index contributed by atoms with van der Waals surface area (Å²) in [4.78, 5) is 14.7. The van der Waals surface area contributed by atoms with Gasteiger partial charge in [0.05, 0.1) is 11.3 Å². The lowest BCUT2D eigenvalue weighted by atomic mass is 9.91. The molecule has 0 bridgehead atoms. The molecule has 0 heterocycles. The van der Waals surface area contributed by atoms with Crippen molar-refractivity contribution in [3.8, 4) is 11.1 Å². The molecule has 162 valence electrons. The minimum absolute atomic E-state index is 0.0291. The third-order valence-electron chi connectivity index (χ3n) is 5.67. The molecule has 1 amide bonds. The Morgan fingerprint density at radius 2 is 1.83 bits per heavy atom. The van der Waals surface area contributed by atoms with Crippen molar-refractivity contribution >= 4 is 15.9 Å². The Morgan fingerprint density at radius 1 is 1.10 bits per heavy atom. The fourth-order valence-electron chi connectivity index (χ4n) is 3.97. The van der Waals surface area contributed by atoms with E-state index < -0.39 is 21.7 Å². The smallest absolute Gasteiger partial charge is 0.269 e. The van der Waals surface area contributed by atoms with Crippen molar-refractivity contribution < 1.29 is 17.6 Å². The van der Waals surface area contributed by atoms with Crippen molar-refractivity contribution in [2.45, 2.75) is 52.4 Å². The molecular weight excluding hydrogens is 403 g/mol. The maximum atomic E-state index is 14.6. The summed E-state index contributed by atoms with van der Waals surface area (Å²) in [6.07, 6.45) is 5.82. The lowest BCUT2D eigenvalue weighted by Gasteiger charge is -2.21. The lowest BCUT2D eigenvalue weighted by molar-refractivity contribution is 0.0940. The number of carbonyl (C=O) groups is 1. The number of nitrogens with one attached hydrogen (secondary N) is 2. The number of amides is 1. The van der Waals surface area contributed by atoms with Gasteiger partial charge < -0.3 is 0 Å². The molecule has 30 heavy (non-hydrogen) atoms. The molecule has 1 saturated carbocycles. The van der Waals surface area contributed by atoms with E-state index in [1.165, 1.54) is 6.07 Å². The standard InChI is InChI=1S/C23H29FN2O3S/c1-3-17-10-7-11-19(13-17)20-12-16(2)22(24)21(14-20)23(27)25-26-30(28,29)15-18-8-5-4-6-9-18/h7,10-14,18,26H,3-6,8-9,15H2,1-2H3,(H,25,27). The molecule has 0 aliphatic heterocycles. The van der Waals surface area contributed by atoms with Gasteiger partial charge in [-0.2, -0.15) is 0 Å². The molecule has 2 aromatic rings. The predicted octanol–water partition coefficient (Wildman–Crippen LogP) is 4.51. The molecule has 0 saturated heterocycles. The highest BCUT2D eigenvalue weighted by atomic mass is 32.2. The number of rotatable bonds is 7. The van der Waals surface area contributed by atoms with Gasteiger partial charge in [0.2, 0.25) is 10.0 Å². The van der Waals surface area contributed by atoms with Crippen LogP contribution in [0.25, 0.3) is 11.1 Å². The third-order valence-corrected chi connectivity index (χ3v) is 6.99. The number of carbonyl (C=O) groups excluding carboxylic acids is 1. The summed E-state index contributed by atoms with van der Waals surface area (Å²) in [5, 5.41) is 0. The van der Waals surface area contributed by atoms with E-state index in [4.69, 9.17) is 0 Å². The second kappa shape index (κ2) is 9.71. The van der Waals surface area contributed by atoms with Crippen LogP contribution in [0, 0.1) is 18.7 Å². The fraction of sp³-hybridized carbons (Fsp3) is 0.435. The zero-order valence-corrected chi connectivity index (χ0v) is 18.3. The van der Waals surface area contributed by atoms with Crippen molar-refractivity contribution in [3.63, 3.8) is 0 Å². The zero-order chi connectivity index (χ0) is 21.7. The summed E-state index contributed by atoms with van der Waals surface area (Å²) in [7, 11) is -3.68. The molecular formula is C23H29FN2O3S. The first-order valence-electron chi connectivity index (χ1n) is 10.5. The minimum Gasteiger partial charge on any atom is -0.274 e. The maximum absolute atomic E-state index is 14.6. The van der Waals surface area contributed by atoms with Gasteiger partial charge in [0.1, 0.15) is 5.82 Å². The Morgan fingerprint density at radius 3 is 2.53 bits per heavy atom. The largest absolute Gasteiger partial charge is 0.274 e. The molecule has 2 N–H and O–H groups in total. The number of sulfonamides is 1. The molecule has 3 rings (SSSR count). The van der Waals surface area contributed by atoms with Gasteiger partial charge >= 0.3 is 0 Å². The van der Waals surface area contributed by atoms with Crippen molar-refractivity contribution in [2.24, 2.45) is 5.92 Å². The molecule has 1 fully saturated rings. The Balaban J connectivity index is 1.75. The number of halogens is 1. The van der Waals surface area contributed by atoms with E-state index in [2.05, 4.69) is 10.3 Å². The quantitative estimate of drug-likeness (QED) is 0.632. The Hall–Kier alpha value is -2.25. The normalized spacial score (nSPS) is 15.2. The molecule has 0 unspecified atom stereocenters. The van der Waals surface area contributed by atoms with Crippen LogP contribution in [-0.4, -0.2) is 20.1 Å². The van der Waals surface area contributed by atoms with E-state index in [1.807, 2.05) is 31.2 Å². The highest BCUT2D eigenvalue weighted by Crippen LogP contribution is 2.26. The maximum Gasteiger partial charge on any atom is 0.269 e. The van der Waals surface area contributed by atoms with E-state index >= 15 is 0 Å². The highest BCUT2D eigenvalue weighted by molar-refractivity contribution is 7.89. The first-order chi connectivity index (χ1) is 14.3. The molecule has 7 heteroatoms.